The van der Waals surface area contributed by atoms with Crippen LogP contribution in [0.2, 0.25) is 0 Å². The molecule has 164 valence electrons. The van der Waals surface area contributed by atoms with Crippen molar-refractivity contribution in [2.24, 2.45) is 0 Å². The zero-order valence-corrected chi connectivity index (χ0v) is 17.5. The van der Waals surface area contributed by atoms with Crippen molar-refractivity contribution in [1.29, 1.82) is 0 Å². The van der Waals surface area contributed by atoms with Crippen molar-refractivity contribution >= 4 is 21.2 Å². The van der Waals surface area contributed by atoms with Crippen molar-refractivity contribution in [3.63, 3.8) is 0 Å². The van der Waals surface area contributed by atoms with E-state index in [1.54, 1.807) is 0 Å². The molecule has 1 atom stereocenters. The first-order valence-corrected chi connectivity index (χ1v) is 11.5. The van der Waals surface area contributed by atoms with Crippen LogP contribution < -0.4 is 4.74 Å². The Morgan fingerprint density at radius 1 is 1.10 bits per heavy atom. The molecule has 0 aliphatic carbocycles. The maximum Gasteiger partial charge on any atom is 0.573 e. The molecule has 0 radical (unpaired) electrons. The molecule has 1 fully saturated rings. The third-order valence-corrected chi connectivity index (χ3v) is 7.25. The van der Waals surface area contributed by atoms with Crippen LogP contribution in [-0.2, 0) is 21.0 Å². The molecule has 0 saturated carbocycles. The van der Waals surface area contributed by atoms with Crippen LogP contribution in [0.25, 0.3) is 10.7 Å². The molecule has 0 spiro atoms. The van der Waals surface area contributed by atoms with Gasteiger partial charge in [0.05, 0.1) is 15.9 Å². The molecule has 12 heteroatoms. The van der Waals surface area contributed by atoms with Crippen LogP contribution >= 0.6 is 11.3 Å². The molecule has 0 N–H and O–H groups in total. The van der Waals surface area contributed by atoms with E-state index < -0.39 is 21.9 Å². The first-order valence-electron chi connectivity index (χ1n) is 9.22. The van der Waals surface area contributed by atoms with Crippen molar-refractivity contribution in [2.45, 2.75) is 41.5 Å². The number of hydrogen-bond donors (Lipinski definition) is 0. The van der Waals surface area contributed by atoms with Crippen molar-refractivity contribution in [3.05, 3.63) is 47.6 Å². The number of hydrogen-bond acceptors (Lipinski definition) is 8. The average Bonchev–Trinajstić information content (AvgIpc) is 3.40. The summed E-state index contributed by atoms with van der Waals surface area (Å²) in [5, 5.41) is 9.64. The standard InChI is InChI=1S/C19H16F3N3O4S2/c20-19(21,22)29-12-3-5-14(6-4-12)31(26,27)15-7-8-16(23-11-15)18-25-24-17(30-18)10-13-2-1-9-28-13/h3-8,11,13H,1-2,9-10H2/t13-/m1/s1. The molecule has 1 aromatic carbocycles. The zero-order chi connectivity index (χ0) is 22.1. The Hall–Kier alpha value is -2.57. The van der Waals surface area contributed by atoms with E-state index in [0.717, 1.165) is 48.7 Å². The molecule has 1 aliphatic rings. The number of pyridine rings is 1. The fourth-order valence-corrected chi connectivity index (χ4v) is 5.15. The van der Waals surface area contributed by atoms with Gasteiger partial charge >= 0.3 is 6.36 Å². The van der Waals surface area contributed by atoms with Crippen LogP contribution in [0, 0.1) is 0 Å². The SMILES string of the molecule is O=S(=O)(c1ccc(OC(F)(F)F)cc1)c1ccc(-c2nnc(C[C@H]3CCCO3)s2)nc1. The van der Waals surface area contributed by atoms with Crippen molar-refractivity contribution < 1.29 is 31.1 Å². The largest absolute Gasteiger partial charge is 0.573 e. The van der Waals surface area contributed by atoms with Crippen LogP contribution in [-0.4, -0.2) is 42.7 Å². The van der Waals surface area contributed by atoms with E-state index in [1.165, 1.54) is 29.7 Å². The highest BCUT2D eigenvalue weighted by molar-refractivity contribution is 7.91. The molecule has 4 rings (SSSR count). The highest BCUT2D eigenvalue weighted by Gasteiger charge is 2.31. The molecule has 31 heavy (non-hydrogen) atoms. The van der Waals surface area contributed by atoms with E-state index in [1.807, 2.05) is 0 Å². The van der Waals surface area contributed by atoms with Crippen molar-refractivity contribution in [1.82, 2.24) is 15.2 Å². The lowest BCUT2D eigenvalue weighted by Gasteiger charge is -2.09. The second kappa shape index (κ2) is 8.52. The summed E-state index contributed by atoms with van der Waals surface area (Å²) in [4.78, 5) is 3.91. The Balaban J connectivity index is 1.49. The molecular formula is C19H16F3N3O4S2. The average molecular weight is 471 g/mol. The monoisotopic (exact) mass is 471 g/mol. The summed E-state index contributed by atoms with van der Waals surface area (Å²) in [7, 11) is -3.96. The van der Waals surface area contributed by atoms with Crippen LogP contribution in [0.5, 0.6) is 5.75 Å². The number of nitrogens with zero attached hydrogens (tertiary/aromatic N) is 3. The van der Waals surface area contributed by atoms with E-state index in [0.29, 0.717) is 17.1 Å². The number of benzene rings is 1. The van der Waals surface area contributed by atoms with E-state index in [-0.39, 0.29) is 15.9 Å². The summed E-state index contributed by atoms with van der Waals surface area (Å²) in [6, 6.07) is 6.88. The Bertz CT molecular complexity index is 1140. The van der Waals surface area contributed by atoms with Gasteiger partial charge in [-0.25, -0.2) is 8.42 Å². The number of ether oxygens (including phenoxy) is 2. The quantitative estimate of drug-likeness (QED) is 0.536. The summed E-state index contributed by atoms with van der Waals surface area (Å²) in [6.07, 6.45) is -0.817. The maximum atomic E-state index is 12.7. The maximum absolute atomic E-state index is 12.7. The molecular weight excluding hydrogens is 455 g/mol. The van der Waals surface area contributed by atoms with E-state index in [4.69, 9.17) is 4.74 Å². The van der Waals surface area contributed by atoms with Gasteiger partial charge in [0.25, 0.3) is 0 Å². The molecule has 3 aromatic rings. The minimum atomic E-state index is -4.85. The van der Waals surface area contributed by atoms with E-state index in [2.05, 4.69) is 19.9 Å². The molecule has 1 saturated heterocycles. The van der Waals surface area contributed by atoms with Gasteiger partial charge in [-0.2, -0.15) is 0 Å². The van der Waals surface area contributed by atoms with Crippen molar-refractivity contribution in [3.8, 4) is 16.5 Å². The smallest absolute Gasteiger partial charge is 0.406 e. The predicted molar refractivity (Wildman–Crippen MR) is 104 cm³/mol. The second-order valence-electron chi connectivity index (χ2n) is 6.74. The van der Waals surface area contributed by atoms with E-state index >= 15 is 0 Å². The van der Waals surface area contributed by atoms with Crippen molar-refractivity contribution in [2.75, 3.05) is 6.61 Å². The van der Waals surface area contributed by atoms with Gasteiger partial charge < -0.3 is 9.47 Å². The highest BCUT2D eigenvalue weighted by Crippen LogP contribution is 2.28. The lowest BCUT2D eigenvalue weighted by molar-refractivity contribution is -0.274. The minimum Gasteiger partial charge on any atom is -0.406 e. The van der Waals surface area contributed by atoms with Gasteiger partial charge in [0.1, 0.15) is 16.5 Å². The number of halogens is 3. The van der Waals surface area contributed by atoms with Crippen LogP contribution in [0.15, 0.2) is 52.4 Å². The fourth-order valence-electron chi connectivity index (χ4n) is 3.06. The van der Waals surface area contributed by atoms with Crippen LogP contribution in [0.4, 0.5) is 13.2 Å². The zero-order valence-electron chi connectivity index (χ0n) is 15.9. The Kier molecular flexibility index (Phi) is 5.95. The van der Waals surface area contributed by atoms with Gasteiger partial charge in [0.2, 0.25) is 9.84 Å². The Labute approximate surface area is 179 Å². The summed E-state index contributed by atoms with van der Waals surface area (Å²) in [5.41, 5.74) is 0.476. The normalized spacial score (nSPS) is 17.1. The van der Waals surface area contributed by atoms with Gasteiger partial charge in [-0.15, -0.1) is 23.4 Å². The molecule has 1 aliphatic heterocycles. The number of alkyl halides is 3. The minimum absolute atomic E-state index is 0.0927. The van der Waals surface area contributed by atoms with Crippen LogP contribution in [0.3, 0.4) is 0 Å². The van der Waals surface area contributed by atoms with Gasteiger partial charge in [0.15, 0.2) is 5.01 Å². The molecule has 7 nitrogen and oxygen atoms in total. The first-order chi connectivity index (χ1) is 14.7. The summed E-state index contributed by atoms with van der Waals surface area (Å²) in [5.74, 6) is -0.505. The summed E-state index contributed by atoms with van der Waals surface area (Å²) < 4.78 is 71.6. The molecule has 0 bridgehead atoms. The molecule has 0 amide bonds. The Morgan fingerprint density at radius 2 is 1.84 bits per heavy atom. The third kappa shape index (κ3) is 5.20. The lowest BCUT2D eigenvalue weighted by Crippen LogP contribution is -2.17. The molecule has 3 heterocycles. The first kappa shape index (κ1) is 21.7. The highest BCUT2D eigenvalue weighted by atomic mass is 32.2. The van der Waals surface area contributed by atoms with Gasteiger partial charge in [-0.1, -0.05) is 11.3 Å². The van der Waals surface area contributed by atoms with Gasteiger partial charge in [-0.05, 0) is 49.2 Å². The number of rotatable bonds is 6. The molecule has 2 aromatic heterocycles. The second-order valence-corrected chi connectivity index (χ2v) is 9.75. The van der Waals surface area contributed by atoms with E-state index in [9.17, 15) is 21.6 Å². The predicted octanol–water partition coefficient (Wildman–Crippen LogP) is 4.05. The molecule has 0 unspecified atom stereocenters. The fraction of sp³-hybridized carbons (Fsp3) is 0.316. The summed E-state index contributed by atoms with van der Waals surface area (Å²) >= 11 is 1.37. The van der Waals surface area contributed by atoms with Crippen LogP contribution in [0.1, 0.15) is 17.8 Å². The number of sulfone groups is 1. The lowest BCUT2D eigenvalue weighted by atomic mass is 10.2. The summed E-state index contributed by atoms with van der Waals surface area (Å²) in [6.45, 7) is 0.756. The van der Waals surface area contributed by atoms with Gasteiger partial charge in [-0.3, -0.25) is 4.98 Å². The topological polar surface area (TPSA) is 91.3 Å². The van der Waals surface area contributed by atoms with Gasteiger partial charge in [0, 0.05) is 19.2 Å². The number of aromatic nitrogens is 3. The third-order valence-electron chi connectivity index (χ3n) is 4.53. The Morgan fingerprint density at radius 3 is 2.45 bits per heavy atom.